The second-order valence-corrected chi connectivity index (χ2v) is 10.6. The van der Waals surface area contributed by atoms with Gasteiger partial charge in [-0.05, 0) is 33.6 Å². The van der Waals surface area contributed by atoms with Gasteiger partial charge in [0.15, 0.2) is 0 Å². The molecular weight excluding hydrogens is 456 g/mol. The summed E-state index contributed by atoms with van der Waals surface area (Å²) in [5, 5.41) is 19.8. The van der Waals surface area contributed by atoms with Crippen LogP contribution < -0.4 is 0 Å². The van der Waals surface area contributed by atoms with Crippen LogP contribution in [0.15, 0.2) is 12.7 Å². The summed E-state index contributed by atoms with van der Waals surface area (Å²) in [7, 11) is 0. The number of likely N-dealkylation sites (tertiary alicyclic amines) is 1. The van der Waals surface area contributed by atoms with Gasteiger partial charge >= 0.3 is 5.97 Å². The highest BCUT2D eigenvalue weighted by molar-refractivity contribution is 9.09. The number of carboxylic acid groups (broad SMARTS) is 1. The summed E-state index contributed by atoms with van der Waals surface area (Å²) < 4.78 is 6.24. The van der Waals surface area contributed by atoms with Crippen LogP contribution in [0.5, 0.6) is 0 Å². The second-order valence-electron chi connectivity index (χ2n) is 9.40. The van der Waals surface area contributed by atoms with E-state index in [0.717, 1.165) is 0 Å². The first kappa shape index (κ1) is 23.2. The Morgan fingerprint density at radius 3 is 2.57 bits per heavy atom. The van der Waals surface area contributed by atoms with E-state index in [1.54, 1.807) is 11.0 Å². The molecule has 0 radical (unpaired) electrons. The van der Waals surface area contributed by atoms with Gasteiger partial charge in [0.1, 0.15) is 11.6 Å². The lowest BCUT2D eigenvalue weighted by Crippen LogP contribution is -2.61. The van der Waals surface area contributed by atoms with Gasteiger partial charge in [-0.1, -0.05) is 28.9 Å². The molecular formula is C21H31BrN2O6. The molecule has 3 fully saturated rings. The molecule has 0 aromatic heterocycles. The zero-order chi connectivity index (χ0) is 22.6. The zero-order valence-electron chi connectivity index (χ0n) is 17.9. The van der Waals surface area contributed by atoms with E-state index in [2.05, 4.69) is 22.5 Å². The number of ether oxygens (including phenoxy) is 1. The summed E-state index contributed by atoms with van der Waals surface area (Å²) in [6.45, 7) is 11.2. The number of amides is 2. The number of hydrogen-bond donors (Lipinski definition) is 2. The first-order valence-corrected chi connectivity index (χ1v) is 11.3. The quantitative estimate of drug-likeness (QED) is 0.416. The summed E-state index contributed by atoms with van der Waals surface area (Å²) >= 11 is 3.52. The Labute approximate surface area is 185 Å². The third-order valence-electron chi connectivity index (χ3n) is 6.71. The van der Waals surface area contributed by atoms with Gasteiger partial charge in [-0.3, -0.25) is 14.4 Å². The van der Waals surface area contributed by atoms with Crippen LogP contribution in [0.4, 0.5) is 0 Å². The molecule has 168 valence electrons. The lowest BCUT2D eigenvalue weighted by Gasteiger charge is -2.43. The number of aliphatic hydroxyl groups is 1. The molecule has 3 aliphatic heterocycles. The minimum Gasteiger partial charge on any atom is -0.481 e. The molecule has 0 aromatic rings. The standard InChI is InChI=1S/C21H31BrN2O6/c1-6-8-23(20(3,4)5)18(27)16-21-9-12(22)15(30-21)13(19(28)29)14(21)17(26)24(16)11(7-2)10-25/h6,11-16,25H,1,7-10H2,2-5H3,(H,28,29)/t11-,12?,13+,14-,15+,16+,21-/m0/s1. The van der Waals surface area contributed by atoms with E-state index in [-0.39, 0.29) is 23.9 Å². The number of nitrogens with zero attached hydrogens (tertiary/aromatic N) is 2. The number of carboxylic acids is 1. The predicted octanol–water partition coefficient (Wildman–Crippen LogP) is 1.40. The van der Waals surface area contributed by atoms with Crippen molar-refractivity contribution in [3.05, 3.63) is 12.7 Å². The zero-order valence-corrected chi connectivity index (χ0v) is 19.5. The maximum atomic E-state index is 13.9. The fourth-order valence-corrected chi connectivity index (χ4v) is 6.35. The van der Waals surface area contributed by atoms with E-state index < -0.39 is 53.0 Å². The second kappa shape index (κ2) is 7.91. The molecule has 2 bridgehead atoms. The van der Waals surface area contributed by atoms with Crippen molar-refractivity contribution in [3.63, 3.8) is 0 Å². The molecule has 0 saturated carbocycles. The van der Waals surface area contributed by atoms with Crippen LogP contribution in [0.1, 0.15) is 40.5 Å². The van der Waals surface area contributed by atoms with Crippen molar-refractivity contribution in [1.29, 1.82) is 0 Å². The van der Waals surface area contributed by atoms with Crippen molar-refractivity contribution in [2.45, 2.75) is 74.7 Å². The molecule has 1 spiro atoms. The minimum atomic E-state index is -1.23. The predicted molar refractivity (Wildman–Crippen MR) is 113 cm³/mol. The molecule has 3 aliphatic rings. The Bertz CT molecular complexity index is 748. The van der Waals surface area contributed by atoms with Crippen LogP contribution in [0, 0.1) is 11.8 Å². The molecule has 7 atom stereocenters. The molecule has 9 heteroatoms. The normalized spacial score (nSPS) is 36.0. The van der Waals surface area contributed by atoms with E-state index in [1.807, 2.05) is 27.7 Å². The third-order valence-corrected chi connectivity index (χ3v) is 7.55. The smallest absolute Gasteiger partial charge is 0.310 e. The van der Waals surface area contributed by atoms with Crippen LogP contribution in [0.25, 0.3) is 0 Å². The van der Waals surface area contributed by atoms with Crippen LogP contribution in [-0.2, 0) is 19.1 Å². The highest BCUT2D eigenvalue weighted by Crippen LogP contribution is 2.60. The fraction of sp³-hybridized carbons (Fsp3) is 0.762. The maximum Gasteiger partial charge on any atom is 0.310 e. The van der Waals surface area contributed by atoms with Gasteiger partial charge in [-0.25, -0.2) is 0 Å². The lowest BCUT2D eigenvalue weighted by molar-refractivity contribution is -0.155. The first-order valence-electron chi connectivity index (χ1n) is 10.4. The molecule has 2 amide bonds. The molecule has 8 nitrogen and oxygen atoms in total. The number of alkyl halides is 1. The molecule has 3 saturated heterocycles. The summed E-state index contributed by atoms with van der Waals surface area (Å²) in [6, 6.07) is -1.59. The summed E-state index contributed by atoms with van der Waals surface area (Å²) in [6.07, 6.45) is 1.75. The Morgan fingerprint density at radius 2 is 2.10 bits per heavy atom. The molecule has 3 heterocycles. The number of hydrogen-bond acceptors (Lipinski definition) is 5. The van der Waals surface area contributed by atoms with E-state index in [1.165, 1.54) is 4.90 Å². The number of carbonyl (C=O) groups is 3. The highest BCUT2D eigenvalue weighted by atomic mass is 79.9. The monoisotopic (exact) mass is 486 g/mol. The van der Waals surface area contributed by atoms with Crippen LogP contribution in [-0.4, -0.2) is 85.1 Å². The summed E-state index contributed by atoms with van der Waals surface area (Å²) in [4.78, 5) is 42.4. The Morgan fingerprint density at radius 1 is 1.47 bits per heavy atom. The van der Waals surface area contributed by atoms with Crippen molar-refractivity contribution in [1.82, 2.24) is 9.80 Å². The molecule has 0 aliphatic carbocycles. The number of rotatable bonds is 7. The number of carbonyl (C=O) groups excluding carboxylic acids is 2. The molecule has 30 heavy (non-hydrogen) atoms. The van der Waals surface area contributed by atoms with Crippen LogP contribution >= 0.6 is 15.9 Å². The van der Waals surface area contributed by atoms with Gasteiger partial charge < -0.3 is 24.7 Å². The van der Waals surface area contributed by atoms with Crippen LogP contribution in [0.3, 0.4) is 0 Å². The summed E-state index contributed by atoms with van der Waals surface area (Å²) in [5.41, 5.74) is -1.78. The lowest BCUT2D eigenvalue weighted by atomic mass is 9.70. The topological polar surface area (TPSA) is 107 Å². The van der Waals surface area contributed by atoms with Crippen molar-refractivity contribution >= 4 is 33.7 Å². The van der Waals surface area contributed by atoms with Crippen molar-refractivity contribution in [3.8, 4) is 0 Å². The fourth-order valence-electron chi connectivity index (χ4n) is 5.41. The van der Waals surface area contributed by atoms with Crippen molar-refractivity contribution in [2.75, 3.05) is 13.2 Å². The largest absolute Gasteiger partial charge is 0.481 e. The van der Waals surface area contributed by atoms with Crippen LogP contribution in [0.2, 0.25) is 0 Å². The summed E-state index contributed by atoms with van der Waals surface area (Å²) in [5.74, 6) is -3.82. The number of fused-ring (bicyclic) bond motifs is 1. The Hall–Kier alpha value is -1.45. The number of aliphatic hydroxyl groups excluding tert-OH is 1. The maximum absolute atomic E-state index is 13.9. The molecule has 2 N–H and O–H groups in total. The molecule has 0 aromatic carbocycles. The van der Waals surface area contributed by atoms with E-state index in [0.29, 0.717) is 12.8 Å². The Kier molecular flexibility index (Phi) is 6.12. The highest BCUT2D eigenvalue weighted by Gasteiger charge is 2.77. The van der Waals surface area contributed by atoms with E-state index >= 15 is 0 Å². The Balaban J connectivity index is 2.16. The van der Waals surface area contributed by atoms with Gasteiger partial charge in [0, 0.05) is 16.9 Å². The average molecular weight is 487 g/mol. The van der Waals surface area contributed by atoms with Gasteiger partial charge in [0.05, 0.1) is 30.6 Å². The van der Waals surface area contributed by atoms with E-state index in [4.69, 9.17) is 4.74 Å². The van der Waals surface area contributed by atoms with Crippen molar-refractivity contribution in [2.24, 2.45) is 11.8 Å². The van der Waals surface area contributed by atoms with Gasteiger partial charge in [-0.15, -0.1) is 6.58 Å². The minimum absolute atomic E-state index is 0.269. The molecule has 3 rings (SSSR count). The van der Waals surface area contributed by atoms with Gasteiger partial charge in [-0.2, -0.15) is 0 Å². The van der Waals surface area contributed by atoms with Gasteiger partial charge in [0.25, 0.3) is 0 Å². The van der Waals surface area contributed by atoms with Crippen molar-refractivity contribution < 1.29 is 29.3 Å². The molecule has 1 unspecified atom stereocenters. The SMILES string of the molecule is C=CCN(C(=O)[C@H]1N([C@@H](CC)CO)C(=O)[C@@H]2[C@@H](C(=O)O)[C@@H]3O[C@@]21CC3Br)C(C)(C)C. The third kappa shape index (κ3) is 3.20. The first-order chi connectivity index (χ1) is 14.0. The van der Waals surface area contributed by atoms with E-state index in [9.17, 15) is 24.6 Å². The number of halogens is 1. The average Bonchev–Trinajstić information content (AvgIpc) is 3.23. The van der Waals surface area contributed by atoms with Gasteiger partial charge in [0.2, 0.25) is 11.8 Å². The number of aliphatic carboxylic acids is 1.